The number of rotatable bonds is 58. The fourth-order valence-electron chi connectivity index (χ4n) is 11.4. The molecule has 0 bridgehead atoms. The average molecular weight is 1490 g/mol. The molecule has 3 heterocycles. The van der Waals surface area contributed by atoms with E-state index in [0.29, 0.717) is 96.7 Å². The second-order valence-corrected chi connectivity index (χ2v) is 28.5. The first-order valence-corrected chi connectivity index (χ1v) is 38.5. The number of hydrogen-bond donors (Lipinski definition) is 16. The first-order chi connectivity index (χ1) is 48.8. The molecule has 0 radical (unpaired) electrons. The van der Waals surface area contributed by atoms with Gasteiger partial charge < -0.3 is 126 Å². The van der Waals surface area contributed by atoms with Crippen molar-refractivity contribution in [2.45, 2.75) is 235 Å². The highest BCUT2D eigenvalue weighted by Crippen LogP contribution is 2.38. The van der Waals surface area contributed by atoms with E-state index in [9.17, 15) is 83.6 Å². The minimum absolute atomic E-state index is 0.00226. The molecule has 3 rings (SSSR count). The number of carbonyl (C=O) groups excluding carboxylic acids is 8. The van der Waals surface area contributed by atoms with Gasteiger partial charge >= 0.3 is 7.60 Å². The number of aliphatic hydroxyl groups is 8. The Morgan fingerprint density at radius 3 is 1.20 bits per heavy atom. The highest BCUT2D eigenvalue weighted by atomic mass is 31.2. The smallest absolute Gasteiger partial charge is 0.325 e. The van der Waals surface area contributed by atoms with Crippen LogP contribution in [0.3, 0.4) is 0 Å². The van der Waals surface area contributed by atoms with Gasteiger partial charge in [-0.15, -0.1) is 0 Å². The quantitative estimate of drug-likeness (QED) is 0.0244. The second-order valence-electron chi connectivity index (χ2n) is 26.7. The lowest BCUT2D eigenvalue weighted by atomic mass is 9.92. The van der Waals surface area contributed by atoms with E-state index in [1.54, 1.807) is 13.8 Å². The number of nitrogens with one attached hydrogen (secondary N) is 7. The fraction of sp³-hybridized carbons (Fsp3) is 0.881. The van der Waals surface area contributed by atoms with E-state index < -0.39 is 99.5 Å². The van der Waals surface area contributed by atoms with Gasteiger partial charge in [0.05, 0.1) is 83.8 Å². The lowest BCUT2D eigenvalue weighted by Gasteiger charge is -2.40. The van der Waals surface area contributed by atoms with Crippen LogP contribution in [0.25, 0.3) is 0 Å². The van der Waals surface area contributed by atoms with Crippen LogP contribution in [0.5, 0.6) is 0 Å². The molecule has 0 aromatic rings. The molecule has 34 nitrogen and oxygen atoms in total. The Balaban J connectivity index is 1.55. The zero-order valence-corrected chi connectivity index (χ0v) is 61.1. The normalized spacial score (nSPS) is 23.9. The summed E-state index contributed by atoms with van der Waals surface area (Å²) >= 11 is 0. The molecule has 3 aliphatic heterocycles. The summed E-state index contributed by atoms with van der Waals surface area (Å²) in [6, 6.07) is -0.504. The van der Waals surface area contributed by atoms with Gasteiger partial charge in [-0.2, -0.15) is 0 Å². The van der Waals surface area contributed by atoms with Crippen molar-refractivity contribution >= 4 is 54.9 Å². The Bertz CT molecular complexity index is 2350. The molecule has 102 heavy (non-hydrogen) atoms. The van der Waals surface area contributed by atoms with Crippen molar-refractivity contribution < 1.29 is 126 Å². The topological polar surface area (TPSA) is 497 Å². The number of nitrogens with zero attached hydrogens (tertiary/aromatic N) is 1. The van der Waals surface area contributed by atoms with E-state index >= 15 is 0 Å². The van der Waals surface area contributed by atoms with Gasteiger partial charge in [0.2, 0.25) is 47.3 Å². The van der Waals surface area contributed by atoms with Crippen LogP contribution in [0.2, 0.25) is 0 Å². The molecule has 35 heteroatoms. The SMILES string of the molecule is CC1C(O)[C@@H](O)C(CO)O[C@H]1OCCCCC(=O)NCCCNC(=O)CCOCC(COCCC(=O)NCCCNC(=O)CCCCO)(COCCC(=O)NCCCNC(=O)CCCCO[C@@H]1OC(CO)[C@H](O)C(O)[C@@H]1C)NC(=O)CCCCCCCCC(=O)N1C[C@H](O)C[C@H]1COP(C)(=O)O. The van der Waals surface area contributed by atoms with Gasteiger partial charge in [-0.25, -0.2) is 0 Å². The van der Waals surface area contributed by atoms with Gasteiger partial charge in [-0.05, 0) is 77.0 Å². The summed E-state index contributed by atoms with van der Waals surface area (Å²) in [6.07, 6.45) is 0.402. The van der Waals surface area contributed by atoms with Crippen molar-refractivity contribution in [2.24, 2.45) is 11.8 Å². The van der Waals surface area contributed by atoms with Crippen molar-refractivity contribution in [3.05, 3.63) is 0 Å². The summed E-state index contributed by atoms with van der Waals surface area (Å²) < 4.78 is 57.6. The van der Waals surface area contributed by atoms with Crippen molar-refractivity contribution in [1.29, 1.82) is 0 Å². The molecule has 0 spiro atoms. The maximum atomic E-state index is 13.9. The zero-order chi connectivity index (χ0) is 75.1. The number of unbranched alkanes of at least 4 members (excludes halogenated alkanes) is 8. The van der Waals surface area contributed by atoms with Crippen LogP contribution in [0, 0.1) is 11.8 Å². The van der Waals surface area contributed by atoms with Crippen LogP contribution in [-0.2, 0) is 80.6 Å². The van der Waals surface area contributed by atoms with Crippen LogP contribution < -0.4 is 37.2 Å². The predicted molar refractivity (Wildman–Crippen MR) is 368 cm³/mol. The molecule has 592 valence electrons. The summed E-state index contributed by atoms with van der Waals surface area (Å²) in [7, 11) is -3.77. The molecule has 3 fully saturated rings. The third-order valence-electron chi connectivity index (χ3n) is 17.6. The largest absolute Gasteiger partial charge is 0.396 e. The number of ether oxygens (including phenoxy) is 7. The Kier molecular flexibility index (Phi) is 47.7. The van der Waals surface area contributed by atoms with E-state index in [1.165, 1.54) is 4.90 Å². The van der Waals surface area contributed by atoms with E-state index in [4.69, 9.17) is 42.8 Å². The molecule has 14 atom stereocenters. The molecule has 0 aromatic carbocycles. The van der Waals surface area contributed by atoms with Crippen LogP contribution in [0.4, 0.5) is 0 Å². The Morgan fingerprint density at radius 2 is 0.814 bits per heavy atom. The van der Waals surface area contributed by atoms with Crippen molar-refractivity contribution in [1.82, 2.24) is 42.1 Å². The van der Waals surface area contributed by atoms with E-state index in [-0.39, 0.29) is 197 Å². The zero-order valence-electron chi connectivity index (χ0n) is 60.2. The molecule has 3 aliphatic rings. The maximum absolute atomic E-state index is 13.9. The van der Waals surface area contributed by atoms with Gasteiger partial charge in [0.25, 0.3) is 0 Å². The number of aliphatic hydroxyl groups excluding tert-OH is 8. The minimum atomic E-state index is -3.77. The van der Waals surface area contributed by atoms with Crippen molar-refractivity contribution in [3.63, 3.8) is 0 Å². The second kappa shape index (κ2) is 53.1. The predicted octanol–water partition coefficient (Wildman–Crippen LogP) is -1.47. The molecule has 16 N–H and O–H groups in total. The van der Waals surface area contributed by atoms with Gasteiger partial charge in [0.1, 0.15) is 30.0 Å². The van der Waals surface area contributed by atoms with E-state index in [0.717, 1.165) is 25.9 Å². The summed E-state index contributed by atoms with van der Waals surface area (Å²) in [5.41, 5.74) is -1.40. The highest BCUT2D eigenvalue weighted by molar-refractivity contribution is 7.51. The van der Waals surface area contributed by atoms with E-state index in [2.05, 4.69) is 37.2 Å². The molecule has 8 amide bonds. The van der Waals surface area contributed by atoms with Gasteiger partial charge in [-0.3, -0.25) is 42.9 Å². The first-order valence-electron chi connectivity index (χ1n) is 36.5. The van der Waals surface area contributed by atoms with Crippen LogP contribution in [0.1, 0.15) is 168 Å². The number of β-amino-alcohol motifs (C(OH)–C–C–N with tert-alkyl or cyclic N) is 1. The van der Waals surface area contributed by atoms with Gasteiger partial charge in [0, 0.05) is 136 Å². The number of carbonyl (C=O) groups is 8. The van der Waals surface area contributed by atoms with Gasteiger partial charge in [-0.1, -0.05) is 39.5 Å². The minimum Gasteiger partial charge on any atom is -0.396 e. The van der Waals surface area contributed by atoms with Crippen molar-refractivity contribution in [2.75, 3.05) is 132 Å². The molecule has 3 saturated heterocycles. The number of amides is 8. The summed E-state index contributed by atoms with van der Waals surface area (Å²) in [5, 5.41) is 98.6. The summed E-state index contributed by atoms with van der Waals surface area (Å²) in [6.45, 7) is 4.61. The molecule has 0 saturated carbocycles. The number of likely N-dealkylation sites (tertiary alicyclic amines) is 1. The lowest BCUT2D eigenvalue weighted by Crippen LogP contribution is -2.58. The van der Waals surface area contributed by atoms with Crippen molar-refractivity contribution in [3.8, 4) is 0 Å². The molecule has 7 unspecified atom stereocenters. The monoisotopic (exact) mass is 1490 g/mol. The molecular formula is C67H123N8O26P. The standard InChI is InChI=1S/C67H123N8O26P/c1-47-61(88)63(90)51(41-77)100-65(47)97-34-14-11-20-54(81)69-28-17-31-72-57(84)25-37-95-45-67(44-94-36-24-56(83)71-30-16-27-68-53(80)19-10-13-33-76,74-59(86)22-8-6-4-5-7-9-23-60(87)75-40-50(79)39-49(75)43-99-102(3,92)93)46-96-38-26-58(85)73-32-18-29-70-55(82)21-12-15-35-98-66-48(2)62(89)64(91)52(42-78)101-66/h47-52,61-66,76-79,88-91H,4-46H2,1-3H3,(H,68,80)(H,69,81)(H,70,82)(H,71,83)(H,72,84)(H,73,85)(H,74,86)(H,92,93)/t47-,48?,49-,50+,51?,52?,61?,62?,63-,64-,65+,66+,67?/m0/s1. The molecule has 0 aromatic heterocycles. The number of hydrogen-bond acceptors (Lipinski definition) is 25. The summed E-state index contributed by atoms with van der Waals surface area (Å²) in [4.78, 5) is 114. The Hall–Kier alpha value is -4.69. The van der Waals surface area contributed by atoms with Crippen LogP contribution in [-0.4, -0.2) is 297 Å². The Morgan fingerprint density at radius 1 is 0.461 bits per heavy atom. The third-order valence-corrected chi connectivity index (χ3v) is 18.2. The third kappa shape index (κ3) is 39.6. The first kappa shape index (κ1) is 91.5. The van der Waals surface area contributed by atoms with Gasteiger partial charge in [0.15, 0.2) is 12.6 Å². The average Bonchev–Trinajstić information content (AvgIpc) is 1.20. The van der Waals surface area contributed by atoms with Crippen LogP contribution >= 0.6 is 7.60 Å². The summed E-state index contributed by atoms with van der Waals surface area (Å²) in [5.74, 6) is -3.17. The van der Waals surface area contributed by atoms with E-state index in [1.807, 2.05) is 0 Å². The molecule has 0 aliphatic carbocycles. The molecular weight excluding hydrogens is 1360 g/mol. The van der Waals surface area contributed by atoms with Crippen LogP contribution in [0.15, 0.2) is 0 Å². The fourth-order valence-corrected chi connectivity index (χ4v) is 11.9. The Labute approximate surface area is 599 Å². The highest BCUT2D eigenvalue weighted by Gasteiger charge is 2.44. The maximum Gasteiger partial charge on any atom is 0.325 e. The lowest BCUT2D eigenvalue weighted by molar-refractivity contribution is -0.282.